The summed E-state index contributed by atoms with van der Waals surface area (Å²) in [6.45, 7) is 3.68. The number of hydrogen-bond donors (Lipinski definition) is 2. The lowest BCUT2D eigenvalue weighted by Crippen LogP contribution is -2.43. The summed E-state index contributed by atoms with van der Waals surface area (Å²) in [6, 6.07) is 2.00. The van der Waals surface area contributed by atoms with Crippen LogP contribution >= 0.6 is 0 Å². The summed E-state index contributed by atoms with van der Waals surface area (Å²) in [5, 5.41) is 9.58. The van der Waals surface area contributed by atoms with E-state index in [9.17, 15) is 9.90 Å². The number of hydrogen-bond acceptors (Lipinski definition) is 3. The molecular weight excluding hydrogens is 218 g/mol. The Morgan fingerprint density at radius 1 is 1.47 bits per heavy atom. The molecule has 0 aliphatic heterocycles. The zero-order valence-corrected chi connectivity index (χ0v) is 10.3. The first kappa shape index (κ1) is 12.2. The first-order valence-electron chi connectivity index (χ1n) is 6.02. The molecule has 17 heavy (non-hydrogen) atoms. The van der Waals surface area contributed by atoms with Gasteiger partial charge in [0.15, 0.2) is 0 Å². The Labute approximate surface area is 101 Å². The lowest BCUT2D eigenvalue weighted by Gasteiger charge is -2.35. The van der Waals surface area contributed by atoms with Crippen LogP contribution in [0.15, 0.2) is 10.5 Å². The lowest BCUT2D eigenvalue weighted by molar-refractivity contribution is -0.145. The van der Waals surface area contributed by atoms with Crippen molar-refractivity contribution < 1.29 is 14.3 Å². The van der Waals surface area contributed by atoms with E-state index in [1.54, 1.807) is 0 Å². The van der Waals surface area contributed by atoms with E-state index in [0.29, 0.717) is 12.8 Å². The van der Waals surface area contributed by atoms with Gasteiger partial charge in [0.2, 0.25) is 0 Å². The fourth-order valence-electron chi connectivity index (χ4n) is 2.84. The Morgan fingerprint density at radius 3 is 2.47 bits per heavy atom. The van der Waals surface area contributed by atoms with Gasteiger partial charge in [0.1, 0.15) is 11.5 Å². The minimum absolute atomic E-state index is 0.135. The minimum Gasteiger partial charge on any atom is -0.481 e. The highest BCUT2D eigenvalue weighted by Gasteiger charge is 2.44. The predicted molar refractivity (Wildman–Crippen MR) is 63.9 cm³/mol. The molecule has 1 heterocycles. The number of furan rings is 1. The van der Waals surface area contributed by atoms with Crippen molar-refractivity contribution in [3.8, 4) is 0 Å². The summed E-state index contributed by atoms with van der Waals surface area (Å²) in [6.07, 6.45) is 2.72. The molecule has 3 N–H and O–H groups in total. The molecule has 1 aliphatic carbocycles. The van der Waals surface area contributed by atoms with Gasteiger partial charge < -0.3 is 15.3 Å². The first-order chi connectivity index (χ1) is 7.95. The van der Waals surface area contributed by atoms with E-state index in [-0.39, 0.29) is 6.04 Å². The number of nitrogens with two attached hydrogens (primary N) is 1. The number of carboxylic acid groups (broad SMARTS) is 1. The molecule has 4 heteroatoms. The maximum Gasteiger partial charge on any atom is 0.314 e. The van der Waals surface area contributed by atoms with Crippen LogP contribution < -0.4 is 5.73 Å². The van der Waals surface area contributed by atoms with Gasteiger partial charge in [0.05, 0.1) is 5.41 Å². The molecule has 0 radical (unpaired) electrons. The smallest absolute Gasteiger partial charge is 0.314 e. The Balaban J connectivity index is 2.42. The van der Waals surface area contributed by atoms with Crippen molar-refractivity contribution in [3.05, 3.63) is 23.2 Å². The van der Waals surface area contributed by atoms with Gasteiger partial charge in [-0.25, -0.2) is 0 Å². The normalized spacial score (nSPS) is 29.2. The van der Waals surface area contributed by atoms with E-state index < -0.39 is 11.4 Å². The molecule has 0 saturated heterocycles. The van der Waals surface area contributed by atoms with Crippen LogP contribution in [0.2, 0.25) is 0 Å². The van der Waals surface area contributed by atoms with Crippen LogP contribution in [0.4, 0.5) is 0 Å². The zero-order valence-electron chi connectivity index (χ0n) is 10.3. The van der Waals surface area contributed by atoms with E-state index in [0.717, 1.165) is 29.9 Å². The van der Waals surface area contributed by atoms with Gasteiger partial charge in [0, 0.05) is 11.6 Å². The van der Waals surface area contributed by atoms with E-state index in [4.69, 9.17) is 10.2 Å². The van der Waals surface area contributed by atoms with Crippen LogP contribution in [0.25, 0.3) is 0 Å². The molecule has 0 amide bonds. The van der Waals surface area contributed by atoms with Crippen LogP contribution in [-0.2, 0) is 10.2 Å². The standard InChI is InChI=1S/C13H19NO3/c1-8-7-11(9(2)17-8)13(12(15)16)5-3-10(14)4-6-13/h7,10H,3-6,14H2,1-2H3,(H,15,16). The molecule has 0 atom stereocenters. The minimum atomic E-state index is -0.794. The number of aliphatic carboxylic acids is 1. The van der Waals surface area contributed by atoms with Crippen molar-refractivity contribution in [3.63, 3.8) is 0 Å². The second-order valence-electron chi connectivity index (χ2n) is 5.05. The quantitative estimate of drug-likeness (QED) is 0.826. The van der Waals surface area contributed by atoms with Gasteiger partial charge >= 0.3 is 5.97 Å². The fraction of sp³-hybridized carbons (Fsp3) is 0.615. The van der Waals surface area contributed by atoms with Crippen molar-refractivity contribution in [1.82, 2.24) is 0 Å². The summed E-state index contributed by atoms with van der Waals surface area (Å²) in [4.78, 5) is 11.7. The van der Waals surface area contributed by atoms with Crippen molar-refractivity contribution in [2.24, 2.45) is 5.73 Å². The topological polar surface area (TPSA) is 76.5 Å². The van der Waals surface area contributed by atoms with Crippen LogP contribution in [0.3, 0.4) is 0 Å². The molecule has 2 rings (SSSR count). The number of carboxylic acids is 1. The largest absolute Gasteiger partial charge is 0.481 e. The Bertz CT molecular complexity index is 428. The number of aryl methyl sites for hydroxylation is 2. The first-order valence-corrected chi connectivity index (χ1v) is 6.02. The number of carbonyl (C=O) groups is 1. The van der Waals surface area contributed by atoms with Crippen LogP contribution in [0.1, 0.15) is 42.8 Å². The zero-order chi connectivity index (χ0) is 12.6. The van der Waals surface area contributed by atoms with Crippen LogP contribution in [0, 0.1) is 13.8 Å². The Hall–Kier alpha value is -1.29. The van der Waals surface area contributed by atoms with Crippen molar-refractivity contribution >= 4 is 5.97 Å². The maximum absolute atomic E-state index is 11.7. The molecule has 94 valence electrons. The molecule has 0 bridgehead atoms. The summed E-state index contributed by atoms with van der Waals surface area (Å²) in [5.41, 5.74) is 5.90. The third-order valence-corrected chi connectivity index (χ3v) is 3.85. The highest BCUT2D eigenvalue weighted by molar-refractivity contribution is 5.82. The highest BCUT2D eigenvalue weighted by Crippen LogP contribution is 2.41. The van der Waals surface area contributed by atoms with Gasteiger partial charge in [-0.15, -0.1) is 0 Å². The average Bonchev–Trinajstić information content (AvgIpc) is 2.59. The second kappa shape index (κ2) is 4.18. The van der Waals surface area contributed by atoms with E-state index in [1.165, 1.54) is 0 Å². The van der Waals surface area contributed by atoms with Crippen molar-refractivity contribution in [2.75, 3.05) is 0 Å². The van der Waals surface area contributed by atoms with E-state index >= 15 is 0 Å². The molecule has 4 nitrogen and oxygen atoms in total. The summed E-state index contributed by atoms with van der Waals surface area (Å²) in [7, 11) is 0. The molecule has 1 fully saturated rings. The summed E-state index contributed by atoms with van der Waals surface area (Å²) < 4.78 is 5.48. The monoisotopic (exact) mass is 237 g/mol. The molecule has 0 aromatic carbocycles. The predicted octanol–water partition coefficient (Wildman–Crippen LogP) is 2.12. The van der Waals surface area contributed by atoms with Gasteiger partial charge in [0.25, 0.3) is 0 Å². The van der Waals surface area contributed by atoms with E-state index in [2.05, 4.69) is 0 Å². The fourth-order valence-corrected chi connectivity index (χ4v) is 2.84. The lowest BCUT2D eigenvalue weighted by atomic mass is 9.68. The number of rotatable bonds is 2. The molecule has 1 aromatic heterocycles. The molecule has 1 aliphatic rings. The highest BCUT2D eigenvalue weighted by atomic mass is 16.4. The average molecular weight is 237 g/mol. The van der Waals surface area contributed by atoms with E-state index in [1.807, 2.05) is 19.9 Å². The molecular formula is C13H19NO3. The Morgan fingerprint density at radius 2 is 2.06 bits per heavy atom. The summed E-state index contributed by atoms with van der Waals surface area (Å²) >= 11 is 0. The summed E-state index contributed by atoms with van der Waals surface area (Å²) in [5.74, 6) is 0.738. The molecule has 0 unspecified atom stereocenters. The third-order valence-electron chi connectivity index (χ3n) is 3.85. The van der Waals surface area contributed by atoms with Gasteiger partial charge in [-0.1, -0.05) is 0 Å². The molecule has 1 saturated carbocycles. The second-order valence-corrected chi connectivity index (χ2v) is 5.05. The van der Waals surface area contributed by atoms with Crippen molar-refractivity contribution in [2.45, 2.75) is 51.0 Å². The van der Waals surface area contributed by atoms with Gasteiger partial charge in [-0.05, 0) is 45.6 Å². The maximum atomic E-state index is 11.7. The van der Waals surface area contributed by atoms with Crippen molar-refractivity contribution in [1.29, 1.82) is 0 Å². The third kappa shape index (κ3) is 1.97. The Kier molecular flexibility index (Phi) is 3.00. The SMILES string of the molecule is Cc1cc(C2(C(=O)O)CCC(N)CC2)c(C)o1. The molecule has 0 spiro atoms. The van der Waals surface area contributed by atoms with Crippen LogP contribution in [0.5, 0.6) is 0 Å². The van der Waals surface area contributed by atoms with Gasteiger partial charge in [-0.3, -0.25) is 4.79 Å². The van der Waals surface area contributed by atoms with Gasteiger partial charge in [-0.2, -0.15) is 0 Å². The van der Waals surface area contributed by atoms with Crippen LogP contribution in [-0.4, -0.2) is 17.1 Å². The molecule has 1 aromatic rings.